The molecular formula is C12H30N8P2PtS2+2. The van der Waals surface area contributed by atoms with Gasteiger partial charge in [0, 0.05) is 63.4 Å². The Morgan fingerprint density at radius 2 is 0.960 bits per heavy atom. The molecule has 2 aromatic heterocycles. The first-order valence-corrected chi connectivity index (χ1v) is 14.4. The van der Waals surface area contributed by atoms with E-state index in [2.05, 4.69) is 71.0 Å². The molecule has 148 valence electrons. The van der Waals surface area contributed by atoms with E-state index in [0.29, 0.717) is 10.3 Å². The Morgan fingerprint density at radius 3 is 1.04 bits per heavy atom. The summed E-state index contributed by atoms with van der Waals surface area (Å²) in [5.74, 6) is 0. The molecule has 0 fully saturated rings. The number of nitrogens with zero attached hydrogens (tertiary/aromatic N) is 8. The van der Waals surface area contributed by atoms with Gasteiger partial charge in [0.25, 0.3) is 0 Å². The van der Waals surface area contributed by atoms with Gasteiger partial charge in [0.1, 0.15) is 0 Å². The molecule has 13 heteroatoms. The summed E-state index contributed by atoms with van der Waals surface area (Å²) in [6, 6.07) is 0. The van der Waals surface area contributed by atoms with Crippen LogP contribution in [0.3, 0.4) is 0 Å². The van der Waals surface area contributed by atoms with Crippen LogP contribution in [0.5, 0.6) is 0 Å². The van der Waals surface area contributed by atoms with Crippen LogP contribution in [0, 0.1) is 0 Å². The summed E-state index contributed by atoms with van der Waals surface area (Å²) in [5.41, 5.74) is 0. The molecule has 0 bridgehead atoms. The number of hydrogen-bond acceptors (Lipinski definition) is 8. The van der Waals surface area contributed by atoms with Crippen LogP contribution in [0.4, 0.5) is 0 Å². The van der Waals surface area contributed by atoms with E-state index < -0.39 is 0 Å². The summed E-state index contributed by atoms with van der Waals surface area (Å²) in [6.07, 6.45) is 0. The number of hydrogen-bond donors (Lipinski definition) is 0. The van der Waals surface area contributed by atoms with Crippen molar-refractivity contribution in [1.82, 2.24) is 40.4 Å². The molecule has 0 radical (unpaired) electrons. The van der Waals surface area contributed by atoms with Crippen LogP contribution in [0.25, 0.3) is 0 Å². The van der Waals surface area contributed by atoms with Gasteiger partial charge in [-0.05, 0) is 50.5 Å². The van der Waals surface area contributed by atoms with Gasteiger partial charge < -0.3 is 25.3 Å². The number of rotatable bonds is 2. The van der Waals surface area contributed by atoms with Crippen molar-refractivity contribution in [1.29, 1.82) is 0 Å². The molecule has 0 aliphatic heterocycles. The minimum Gasteiger partial charge on any atom is -0.739 e. The first kappa shape index (κ1) is 29.9. The molecule has 0 amide bonds. The maximum absolute atomic E-state index is 4.71. The normalized spacial score (nSPS) is 9.04. The average Bonchev–Trinajstić information content (AvgIpc) is 3.06. The van der Waals surface area contributed by atoms with Gasteiger partial charge in [-0.15, -0.1) is 10.2 Å². The molecule has 0 unspecified atom stereocenters. The largest absolute Gasteiger partial charge is 2.00 e. The summed E-state index contributed by atoms with van der Waals surface area (Å²) in [6.45, 7) is 19.0. The van der Waals surface area contributed by atoms with Crippen LogP contribution in [0.15, 0.2) is 10.3 Å². The molecule has 2 rings (SSSR count). The molecule has 0 N–H and O–H groups in total. The molecule has 2 heterocycles. The van der Waals surface area contributed by atoms with Gasteiger partial charge in [0.05, 0.1) is 0 Å². The molecule has 8 nitrogen and oxygen atoms in total. The standard InChI is InChI=1S/2C3H6N4S.2C3H9P.Pt/c2*1-2-7-3(8)4-5-6-7;2*1-4(2)3;/h2*2H2,1H3,(H,4,6,8);2*1-3H3;/q;;;;+2. The van der Waals surface area contributed by atoms with Gasteiger partial charge in [-0.2, -0.15) is 0 Å². The van der Waals surface area contributed by atoms with Crippen molar-refractivity contribution in [2.75, 3.05) is 40.0 Å². The third-order valence-corrected chi connectivity index (χ3v) is 2.18. The maximum atomic E-state index is 4.71. The van der Waals surface area contributed by atoms with Crippen LogP contribution < -0.4 is 0 Å². The zero-order valence-electron chi connectivity index (χ0n) is 16.1. The van der Waals surface area contributed by atoms with E-state index in [1.807, 2.05) is 13.8 Å². The van der Waals surface area contributed by atoms with Crippen LogP contribution in [0.2, 0.25) is 0 Å². The van der Waals surface area contributed by atoms with E-state index in [4.69, 9.17) is 25.3 Å². The van der Waals surface area contributed by atoms with Crippen molar-refractivity contribution in [3.63, 3.8) is 0 Å². The smallest absolute Gasteiger partial charge is 0.739 e. The van der Waals surface area contributed by atoms with Gasteiger partial charge in [-0.3, -0.25) is 9.36 Å². The molecule has 2 aromatic rings. The third kappa shape index (κ3) is 20.3. The Bertz CT molecular complexity index is 473. The Kier molecular flexibility index (Phi) is 22.6. The average molecular weight is 608 g/mol. The van der Waals surface area contributed by atoms with Crippen LogP contribution in [-0.4, -0.2) is 80.4 Å². The van der Waals surface area contributed by atoms with Gasteiger partial charge in [0.2, 0.25) is 0 Å². The summed E-state index contributed by atoms with van der Waals surface area (Å²) < 4.78 is 3.10. The van der Waals surface area contributed by atoms with Crippen molar-refractivity contribution in [3.05, 3.63) is 0 Å². The van der Waals surface area contributed by atoms with Crippen molar-refractivity contribution in [3.8, 4) is 0 Å². The minimum absolute atomic E-state index is 0. The van der Waals surface area contributed by atoms with Gasteiger partial charge in [-0.25, -0.2) is 0 Å². The fourth-order valence-electron chi connectivity index (χ4n) is 0.790. The molecule has 0 aliphatic carbocycles. The summed E-state index contributed by atoms with van der Waals surface area (Å²) >= 11 is 9.42. The van der Waals surface area contributed by atoms with E-state index in [1.165, 1.54) is 0 Å². The van der Waals surface area contributed by atoms with E-state index in [0.717, 1.165) is 13.1 Å². The first-order chi connectivity index (χ1) is 11.1. The van der Waals surface area contributed by atoms with Crippen molar-refractivity contribution in [2.24, 2.45) is 0 Å². The molecule has 0 atom stereocenters. The maximum Gasteiger partial charge on any atom is 2.00 e. The van der Waals surface area contributed by atoms with E-state index >= 15 is 0 Å². The Balaban J connectivity index is -0.000000270. The second-order valence-electron chi connectivity index (χ2n) is 5.55. The second-order valence-corrected chi connectivity index (χ2v) is 12.3. The topological polar surface area (TPSA) is 87.2 Å². The minimum atomic E-state index is 0. The Morgan fingerprint density at radius 1 is 0.720 bits per heavy atom. The molecule has 0 aliphatic rings. The molecule has 0 saturated carbocycles. The second kappa shape index (κ2) is 18.9. The predicted molar refractivity (Wildman–Crippen MR) is 110 cm³/mol. The molecule has 25 heavy (non-hydrogen) atoms. The fraction of sp³-hybridized carbons (Fsp3) is 0.833. The van der Waals surface area contributed by atoms with Gasteiger partial charge in [0.15, 0.2) is 0 Å². The number of aryl methyl sites for hydroxylation is 2. The first-order valence-electron chi connectivity index (χ1n) is 7.55. The van der Waals surface area contributed by atoms with E-state index in [-0.39, 0.29) is 36.9 Å². The fourth-order valence-corrected chi connectivity index (χ4v) is 1.19. The quantitative estimate of drug-likeness (QED) is 0.374. The molecule has 0 spiro atoms. The zero-order valence-corrected chi connectivity index (χ0v) is 22.0. The van der Waals surface area contributed by atoms with Crippen molar-refractivity contribution >= 4 is 41.1 Å². The zero-order chi connectivity index (χ0) is 19.1. The molecular weight excluding hydrogens is 577 g/mol. The SMILES string of the molecule is CCn1nnnc1[S-].CCn1nnnc1[S-].C[PH+](C)C.C[PH+](C)C.[Pt+2]. The molecule has 0 saturated heterocycles. The van der Waals surface area contributed by atoms with Crippen molar-refractivity contribution in [2.45, 2.75) is 37.2 Å². The number of tetrazole rings is 2. The van der Waals surface area contributed by atoms with Crippen LogP contribution >= 0.6 is 15.8 Å². The Hall–Kier alpha value is 0.128. The van der Waals surface area contributed by atoms with Crippen LogP contribution in [-0.2, 0) is 59.4 Å². The van der Waals surface area contributed by atoms with Crippen molar-refractivity contribution < 1.29 is 21.1 Å². The third-order valence-electron chi connectivity index (χ3n) is 1.60. The van der Waals surface area contributed by atoms with Gasteiger partial charge >= 0.3 is 21.1 Å². The van der Waals surface area contributed by atoms with E-state index in [9.17, 15) is 0 Å². The van der Waals surface area contributed by atoms with Gasteiger partial charge in [-0.1, -0.05) is 0 Å². The number of aromatic nitrogens is 8. The monoisotopic (exact) mass is 607 g/mol. The predicted octanol–water partition coefficient (Wildman–Crippen LogP) is 1.38. The van der Waals surface area contributed by atoms with E-state index in [1.54, 1.807) is 9.36 Å². The summed E-state index contributed by atoms with van der Waals surface area (Å²) in [5, 5.41) is 21.8. The molecule has 0 aromatic carbocycles. The summed E-state index contributed by atoms with van der Waals surface area (Å²) in [7, 11) is 0.241. The van der Waals surface area contributed by atoms with Crippen LogP contribution in [0.1, 0.15) is 13.8 Å². The summed E-state index contributed by atoms with van der Waals surface area (Å²) in [4.78, 5) is 0. The Labute approximate surface area is 179 Å².